The van der Waals surface area contributed by atoms with Crippen LogP contribution in [0.5, 0.6) is 0 Å². The molecule has 1 aliphatic carbocycles. The Morgan fingerprint density at radius 3 is 2.62 bits per heavy atom. The number of hydrogen-bond acceptors (Lipinski definition) is 7. The average Bonchev–Trinajstić information content (AvgIpc) is 3.48. The van der Waals surface area contributed by atoms with E-state index in [2.05, 4.69) is 56.6 Å². The summed E-state index contributed by atoms with van der Waals surface area (Å²) in [6.45, 7) is 2.91. The van der Waals surface area contributed by atoms with Gasteiger partial charge in [0.2, 0.25) is 5.95 Å². The molecule has 204 valence electrons. The molecule has 0 amide bonds. The van der Waals surface area contributed by atoms with Gasteiger partial charge < -0.3 is 10.2 Å². The number of hydrogen-bond donors (Lipinski definition) is 1. The van der Waals surface area contributed by atoms with Crippen molar-refractivity contribution in [3.8, 4) is 17.2 Å². The van der Waals surface area contributed by atoms with Crippen LogP contribution in [-0.2, 0) is 13.6 Å². The summed E-state index contributed by atoms with van der Waals surface area (Å²) >= 11 is 0. The molecule has 1 N–H and O–H groups in total. The lowest BCUT2D eigenvalue weighted by atomic mass is 9.91. The minimum absolute atomic E-state index is 0.0968. The van der Waals surface area contributed by atoms with Gasteiger partial charge in [-0.2, -0.15) is 10.1 Å². The van der Waals surface area contributed by atoms with E-state index in [4.69, 9.17) is 4.98 Å². The van der Waals surface area contributed by atoms with Gasteiger partial charge in [0, 0.05) is 55.9 Å². The van der Waals surface area contributed by atoms with Gasteiger partial charge >= 0.3 is 0 Å². The third-order valence-corrected chi connectivity index (χ3v) is 8.15. The molecule has 10 nitrogen and oxygen atoms in total. The molecule has 2 fully saturated rings. The van der Waals surface area contributed by atoms with Crippen LogP contribution in [0.25, 0.3) is 28.2 Å². The molecule has 0 spiro atoms. The number of nitrogens with one attached hydrogen (secondary N) is 1. The Morgan fingerprint density at radius 2 is 1.88 bits per heavy atom. The highest BCUT2D eigenvalue weighted by Crippen LogP contribution is 2.32. The van der Waals surface area contributed by atoms with E-state index in [0.717, 1.165) is 36.3 Å². The predicted molar refractivity (Wildman–Crippen MR) is 155 cm³/mol. The second-order valence-corrected chi connectivity index (χ2v) is 11.2. The largest absolute Gasteiger partial charge is 0.324 e. The Bertz CT molecular complexity index is 1730. The van der Waals surface area contributed by atoms with Crippen molar-refractivity contribution in [1.82, 2.24) is 38.8 Å². The minimum atomic E-state index is -0.0968. The smallest absolute Gasteiger partial charge is 0.263 e. The van der Waals surface area contributed by atoms with Crippen LogP contribution in [-0.4, -0.2) is 58.9 Å². The highest BCUT2D eigenvalue weighted by Gasteiger charge is 2.26. The molecule has 0 bridgehead atoms. The van der Waals surface area contributed by atoms with Crippen molar-refractivity contribution in [3.63, 3.8) is 0 Å². The van der Waals surface area contributed by atoms with Gasteiger partial charge in [-0.25, -0.2) is 9.97 Å². The predicted octanol–water partition coefficient (Wildman–Crippen LogP) is 4.34. The Kier molecular flexibility index (Phi) is 6.19. The van der Waals surface area contributed by atoms with Crippen LogP contribution in [0.15, 0.2) is 66.0 Å². The molecule has 1 aliphatic heterocycles. The van der Waals surface area contributed by atoms with Crippen LogP contribution in [0.4, 0.5) is 11.6 Å². The number of likely N-dealkylation sites (tertiary alicyclic amines) is 1. The molecule has 0 radical (unpaired) electrons. The lowest BCUT2D eigenvalue weighted by Gasteiger charge is -2.30. The van der Waals surface area contributed by atoms with Gasteiger partial charge in [0.15, 0.2) is 5.82 Å². The fourth-order valence-corrected chi connectivity index (χ4v) is 5.80. The molecule has 4 aromatic heterocycles. The summed E-state index contributed by atoms with van der Waals surface area (Å²) in [5, 5.41) is 8.43. The van der Waals surface area contributed by atoms with Crippen molar-refractivity contribution in [3.05, 3.63) is 77.1 Å². The van der Waals surface area contributed by atoms with Gasteiger partial charge in [0.25, 0.3) is 5.56 Å². The van der Waals surface area contributed by atoms with Crippen LogP contribution < -0.4 is 10.9 Å². The van der Waals surface area contributed by atoms with E-state index in [1.54, 1.807) is 27.8 Å². The first-order valence-electron chi connectivity index (χ1n) is 14.0. The van der Waals surface area contributed by atoms with Crippen molar-refractivity contribution >= 4 is 22.7 Å². The molecular formula is C30H33N9O. The number of aromatic nitrogens is 7. The minimum Gasteiger partial charge on any atom is -0.324 e. The van der Waals surface area contributed by atoms with Gasteiger partial charge in [-0.15, -0.1) is 0 Å². The number of imidazole rings is 1. The Balaban J connectivity index is 1.23. The van der Waals surface area contributed by atoms with E-state index < -0.39 is 0 Å². The van der Waals surface area contributed by atoms with Crippen LogP contribution in [0.3, 0.4) is 0 Å². The lowest BCUT2D eigenvalue weighted by molar-refractivity contribution is 0.251. The zero-order valence-corrected chi connectivity index (χ0v) is 22.9. The molecule has 10 heteroatoms. The Hall–Kier alpha value is -4.31. The number of fused-ring (bicyclic) bond motifs is 1. The topological polar surface area (TPSA) is 98.7 Å². The van der Waals surface area contributed by atoms with Crippen LogP contribution in [0.2, 0.25) is 0 Å². The van der Waals surface area contributed by atoms with Crippen molar-refractivity contribution in [2.75, 3.05) is 25.5 Å². The summed E-state index contributed by atoms with van der Waals surface area (Å²) in [4.78, 5) is 30.3. The number of benzene rings is 1. The maximum absolute atomic E-state index is 13.9. The first kappa shape index (κ1) is 24.7. The quantitative estimate of drug-likeness (QED) is 0.331. The molecule has 1 atom stereocenters. The Morgan fingerprint density at radius 1 is 1.02 bits per heavy atom. The monoisotopic (exact) mass is 535 g/mol. The summed E-state index contributed by atoms with van der Waals surface area (Å²) in [5.74, 6) is 2.95. The van der Waals surface area contributed by atoms with E-state index in [1.807, 2.05) is 29.9 Å². The highest BCUT2D eigenvalue weighted by molar-refractivity contribution is 5.81. The standard InChI is InChI=1S/C30H33N9O/c1-36-14-3-4-22(19-36)21-7-9-24(10-8-21)34-30-32-17-23-16-25(29(40)39(27(23)35-30)18-20-5-6-20)28-31-13-15-38(28)26-11-12-33-37(26)2/h7-13,15-17,20,22H,3-6,14,18-19H2,1-2H3,(H,32,34,35). The molecule has 2 aliphatic rings. The molecule has 1 unspecified atom stereocenters. The van der Waals surface area contributed by atoms with E-state index in [0.29, 0.717) is 41.4 Å². The van der Waals surface area contributed by atoms with Crippen molar-refractivity contribution in [2.45, 2.75) is 38.1 Å². The number of anilines is 2. The fourth-order valence-electron chi connectivity index (χ4n) is 5.80. The highest BCUT2D eigenvalue weighted by atomic mass is 16.1. The normalized spacial score (nSPS) is 17.9. The summed E-state index contributed by atoms with van der Waals surface area (Å²) < 4.78 is 5.46. The third kappa shape index (κ3) is 4.68. The van der Waals surface area contributed by atoms with Crippen LogP contribution >= 0.6 is 0 Å². The molecule has 1 saturated heterocycles. The average molecular weight is 536 g/mol. The zero-order valence-electron chi connectivity index (χ0n) is 22.9. The number of piperidine rings is 1. The summed E-state index contributed by atoms with van der Waals surface area (Å²) in [5.41, 5.74) is 3.36. The number of rotatable bonds is 7. The fraction of sp³-hybridized carbons (Fsp3) is 0.367. The van der Waals surface area contributed by atoms with Crippen molar-refractivity contribution in [1.29, 1.82) is 0 Å². The van der Waals surface area contributed by atoms with Crippen LogP contribution in [0.1, 0.15) is 37.2 Å². The van der Waals surface area contributed by atoms with Gasteiger partial charge in [0.1, 0.15) is 11.5 Å². The van der Waals surface area contributed by atoms with Crippen molar-refractivity contribution < 1.29 is 0 Å². The number of aryl methyl sites for hydroxylation is 1. The first-order chi connectivity index (χ1) is 19.5. The van der Waals surface area contributed by atoms with Gasteiger partial charge in [-0.3, -0.25) is 18.6 Å². The Labute approximate surface area is 232 Å². The van der Waals surface area contributed by atoms with Crippen LogP contribution in [0, 0.1) is 5.92 Å². The third-order valence-electron chi connectivity index (χ3n) is 8.15. The lowest BCUT2D eigenvalue weighted by Crippen LogP contribution is -2.30. The summed E-state index contributed by atoms with van der Waals surface area (Å²) in [6, 6.07) is 12.3. The molecule has 40 heavy (non-hydrogen) atoms. The van der Waals surface area contributed by atoms with Gasteiger partial charge in [-0.1, -0.05) is 12.1 Å². The maximum atomic E-state index is 13.9. The zero-order chi connectivity index (χ0) is 27.2. The molecule has 1 saturated carbocycles. The molecule has 7 rings (SSSR count). The first-order valence-corrected chi connectivity index (χ1v) is 14.0. The second-order valence-electron chi connectivity index (χ2n) is 11.2. The number of nitrogens with zero attached hydrogens (tertiary/aromatic N) is 8. The van der Waals surface area contributed by atoms with E-state index >= 15 is 0 Å². The van der Waals surface area contributed by atoms with Crippen molar-refractivity contribution in [2.24, 2.45) is 13.0 Å². The maximum Gasteiger partial charge on any atom is 0.263 e. The number of pyridine rings is 1. The summed E-state index contributed by atoms with van der Waals surface area (Å²) in [6.07, 6.45) is 11.8. The molecule has 1 aromatic carbocycles. The van der Waals surface area contributed by atoms with Gasteiger partial charge in [0.05, 0.1) is 11.8 Å². The SMILES string of the molecule is CN1CCCC(c2ccc(Nc3ncc4cc(-c5nccn5-c5ccnn5C)c(=O)n(CC5CC5)c4n3)cc2)C1. The van der Waals surface area contributed by atoms with E-state index in [1.165, 1.54) is 24.9 Å². The molecular weight excluding hydrogens is 502 g/mol. The van der Waals surface area contributed by atoms with Gasteiger partial charge in [-0.05, 0) is 74.9 Å². The number of likely N-dealkylation sites (N-methyl/N-ethyl adjacent to an activating group) is 1. The molecule has 5 heterocycles. The molecule has 5 aromatic rings. The van der Waals surface area contributed by atoms with E-state index in [9.17, 15) is 4.79 Å². The van der Waals surface area contributed by atoms with E-state index in [-0.39, 0.29) is 5.56 Å². The summed E-state index contributed by atoms with van der Waals surface area (Å²) in [7, 11) is 4.06. The second kappa shape index (κ2) is 10.0.